The average Bonchev–Trinajstić information content (AvgIpc) is 2.54. The summed E-state index contributed by atoms with van der Waals surface area (Å²) < 4.78 is 10.9. The molecule has 0 saturated carbocycles. The Morgan fingerprint density at radius 2 is 1.90 bits per heavy atom. The van der Waals surface area contributed by atoms with E-state index in [0.29, 0.717) is 18.0 Å². The lowest BCUT2D eigenvalue weighted by molar-refractivity contribution is 0.327. The number of para-hydroxylation sites is 2. The summed E-state index contributed by atoms with van der Waals surface area (Å²) in [5.41, 5.74) is 8.23. The number of hydrogen-bond donors (Lipinski definition) is 2. The Kier molecular flexibility index (Phi) is 5.50. The minimum atomic E-state index is 0.208. The van der Waals surface area contributed by atoms with Crippen LogP contribution in [0.1, 0.15) is 5.56 Å². The molecular weight excluding hydrogens is 264 g/mol. The van der Waals surface area contributed by atoms with Gasteiger partial charge in [0.2, 0.25) is 0 Å². The summed E-state index contributed by atoms with van der Waals surface area (Å²) in [5, 5.41) is 0. The molecule has 0 atom stereocenters. The van der Waals surface area contributed by atoms with E-state index in [1.807, 2.05) is 48.5 Å². The van der Waals surface area contributed by atoms with Crippen molar-refractivity contribution >= 4 is 5.69 Å². The molecule has 0 aliphatic rings. The quantitative estimate of drug-likeness (QED) is 0.605. The topological polar surface area (TPSA) is 42.5 Å². The Balaban J connectivity index is 2.03. The van der Waals surface area contributed by atoms with E-state index in [1.165, 1.54) is 0 Å². The van der Waals surface area contributed by atoms with E-state index in [1.54, 1.807) is 7.11 Å². The van der Waals surface area contributed by atoms with Crippen LogP contribution in [0.2, 0.25) is 0 Å². The van der Waals surface area contributed by atoms with E-state index in [9.17, 15) is 0 Å². The molecule has 0 saturated heterocycles. The van der Waals surface area contributed by atoms with Gasteiger partial charge in [-0.3, -0.25) is 0 Å². The van der Waals surface area contributed by atoms with E-state index in [-0.39, 0.29) is 6.61 Å². The number of rotatable bonds is 7. The van der Waals surface area contributed by atoms with Crippen molar-refractivity contribution in [3.05, 3.63) is 54.1 Å². The van der Waals surface area contributed by atoms with Crippen molar-refractivity contribution < 1.29 is 9.47 Å². The molecule has 0 bridgehead atoms. The van der Waals surface area contributed by atoms with Crippen molar-refractivity contribution in [2.75, 3.05) is 19.1 Å². The van der Waals surface area contributed by atoms with Gasteiger partial charge in [-0.1, -0.05) is 36.3 Å². The van der Waals surface area contributed by atoms with Gasteiger partial charge in [0, 0.05) is 17.8 Å². The molecule has 2 rings (SSSR count). The highest BCUT2D eigenvalue weighted by Crippen LogP contribution is 2.30. The second kappa shape index (κ2) is 7.83. The number of benzene rings is 2. The molecule has 0 aliphatic heterocycles. The predicted octanol–water partition coefficient (Wildman–Crippen LogP) is 2.82. The smallest absolute Gasteiger partial charge is 0.167 e. The SMILES string of the molecule is C#CCOc1c(CNNc2ccccc2)cccc1OC. The van der Waals surface area contributed by atoms with Crippen molar-refractivity contribution in [3.8, 4) is 23.8 Å². The van der Waals surface area contributed by atoms with Crippen LogP contribution in [0.3, 0.4) is 0 Å². The van der Waals surface area contributed by atoms with Crippen LogP contribution >= 0.6 is 0 Å². The summed E-state index contributed by atoms with van der Waals surface area (Å²) in [4.78, 5) is 0. The Labute approximate surface area is 125 Å². The minimum absolute atomic E-state index is 0.208. The Hall–Kier alpha value is -2.64. The summed E-state index contributed by atoms with van der Waals surface area (Å²) in [7, 11) is 1.61. The fourth-order valence-corrected chi connectivity index (χ4v) is 1.90. The fraction of sp³-hybridized carbons (Fsp3) is 0.176. The van der Waals surface area contributed by atoms with Crippen molar-refractivity contribution in [3.63, 3.8) is 0 Å². The third-order valence-electron chi connectivity index (χ3n) is 2.87. The van der Waals surface area contributed by atoms with E-state index in [0.717, 1.165) is 11.3 Å². The molecule has 2 aromatic carbocycles. The fourth-order valence-electron chi connectivity index (χ4n) is 1.90. The maximum Gasteiger partial charge on any atom is 0.167 e. The maximum atomic E-state index is 5.58. The molecule has 0 heterocycles. The predicted molar refractivity (Wildman–Crippen MR) is 84.2 cm³/mol. The van der Waals surface area contributed by atoms with Crippen molar-refractivity contribution in [2.24, 2.45) is 0 Å². The molecule has 0 aromatic heterocycles. The van der Waals surface area contributed by atoms with Gasteiger partial charge in [0.15, 0.2) is 11.5 Å². The summed E-state index contributed by atoms with van der Waals surface area (Å²) in [6, 6.07) is 15.6. The van der Waals surface area contributed by atoms with Crippen LogP contribution in [0, 0.1) is 12.3 Å². The Bertz CT molecular complexity index is 606. The first-order valence-electron chi connectivity index (χ1n) is 6.61. The Morgan fingerprint density at radius 3 is 2.62 bits per heavy atom. The van der Waals surface area contributed by atoms with Gasteiger partial charge in [-0.25, -0.2) is 5.43 Å². The third kappa shape index (κ3) is 4.16. The summed E-state index contributed by atoms with van der Waals surface area (Å²) in [6.07, 6.45) is 5.25. The largest absolute Gasteiger partial charge is 0.493 e. The van der Waals surface area contributed by atoms with Gasteiger partial charge >= 0.3 is 0 Å². The molecule has 0 radical (unpaired) electrons. The van der Waals surface area contributed by atoms with Crippen molar-refractivity contribution in [2.45, 2.75) is 6.54 Å². The number of hydrogen-bond acceptors (Lipinski definition) is 4. The highest BCUT2D eigenvalue weighted by molar-refractivity contribution is 5.47. The van der Waals surface area contributed by atoms with Gasteiger partial charge in [0.05, 0.1) is 7.11 Å². The average molecular weight is 282 g/mol. The highest BCUT2D eigenvalue weighted by atomic mass is 16.5. The lowest BCUT2D eigenvalue weighted by Gasteiger charge is -2.15. The molecule has 0 unspecified atom stereocenters. The van der Waals surface area contributed by atoms with Gasteiger partial charge in [-0.05, 0) is 18.2 Å². The first-order valence-corrected chi connectivity index (χ1v) is 6.61. The van der Waals surface area contributed by atoms with Gasteiger partial charge < -0.3 is 14.9 Å². The number of hydrazine groups is 1. The molecular formula is C17H18N2O2. The van der Waals surface area contributed by atoms with Crippen LogP contribution < -0.4 is 20.3 Å². The van der Waals surface area contributed by atoms with Crippen molar-refractivity contribution in [1.29, 1.82) is 0 Å². The molecule has 0 aliphatic carbocycles. The zero-order valence-electron chi connectivity index (χ0n) is 11.9. The zero-order chi connectivity index (χ0) is 14.9. The number of methoxy groups -OCH3 is 1. The normalized spacial score (nSPS) is 9.71. The second-order valence-electron chi connectivity index (χ2n) is 4.29. The van der Waals surface area contributed by atoms with Crippen LogP contribution in [-0.2, 0) is 6.54 Å². The lowest BCUT2D eigenvalue weighted by Crippen LogP contribution is -2.21. The van der Waals surface area contributed by atoms with Crippen LogP contribution in [0.25, 0.3) is 0 Å². The first-order chi connectivity index (χ1) is 10.3. The van der Waals surface area contributed by atoms with E-state index >= 15 is 0 Å². The van der Waals surface area contributed by atoms with E-state index < -0.39 is 0 Å². The van der Waals surface area contributed by atoms with Crippen LogP contribution in [0.4, 0.5) is 5.69 Å². The van der Waals surface area contributed by atoms with Crippen molar-refractivity contribution in [1.82, 2.24) is 5.43 Å². The molecule has 2 N–H and O–H groups in total. The molecule has 0 amide bonds. The lowest BCUT2D eigenvalue weighted by atomic mass is 10.2. The number of anilines is 1. The van der Waals surface area contributed by atoms with Gasteiger partial charge in [0.1, 0.15) is 6.61 Å². The summed E-state index contributed by atoms with van der Waals surface area (Å²) >= 11 is 0. The monoisotopic (exact) mass is 282 g/mol. The number of ether oxygens (including phenoxy) is 2. The minimum Gasteiger partial charge on any atom is -0.493 e. The Morgan fingerprint density at radius 1 is 1.10 bits per heavy atom. The highest BCUT2D eigenvalue weighted by Gasteiger charge is 2.09. The van der Waals surface area contributed by atoms with Crippen LogP contribution in [0.5, 0.6) is 11.5 Å². The van der Waals surface area contributed by atoms with E-state index in [2.05, 4.69) is 16.8 Å². The molecule has 4 heteroatoms. The molecule has 108 valence electrons. The van der Waals surface area contributed by atoms with Gasteiger partial charge in [0.25, 0.3) is 0 Å². The molecule has 21 heavy (non-hydrogen) atoms. The van der Waals surface area contributed by atoms with Gasteiger partial charge in [-0.2, -0.15) is 0 Å². The van der Waals surface area contributed by atoms with Gasteiger partial charge in [-0.15, -0.1) is 6.42 Å². The molecule has 0 spiro atoms. The molecule has 2 aromatic rings. The summed E-state index contributed by atoms with van der Waals surface area (Å²) in [5.74, 6) is 3.80. The van der Waals surface area contributed by atoms with Crippen LogP contribution in [-0.4, -0.2) is 13.7 Å². The van der Waals surface area contributed by atoms with E-state index in [4.69, 9.17) is 15.9 Å². The summed E-state index contributed by atoms with van der Waals surface area (Å²) in [6.45, 7) is 0.783. The standard InChI is InChI=1S/C17H18N2O2/c1-3-12-21-17-14(8-7-11-16(17)20-2)13-18-19-15-9-5-4-6-10-15/h1,4-11,18-19H,12-13H2,2H3. The molecule has 4 nitrogen and oxygen atoms in total. The zero-order valence-corrected chi connectivity index (χ0v) is 11.9. The maximum absolute atomic E-state index is 5.58. The second-order valence-corrected chi connectivity index (χ2v) is 4.29. The molecule has 0 fully saturated rings. The van der Waals surface area contributed by atoms with Crippen LogP contribution in [0.15, 0.2) is 48.5 Å². The third-order valence-corrected chi connectivity index (χ3v) is 2.87. The first kappa shape index (κ1) is 14.8. The number of terminal acetylenes is 1. The number of nitrogens with one attached hydrogen (secondary N) is 2.